The van der Waals surface area contributed by atoms with Crippen LogP contribution in [0.2, 0.25) is 0 Å². The average Bonchev–Trinajstić information content (AvgIpc) is 2.85. The van der Waals surface area contributed by atoms with E-state index in [4.69, 9.17) is 0 Å². The number of aromatic nitrogens is 1. The van der Waals surface area contributed by atoms with Gasteiger partial charge in [-0.25, -0.2) is 4.98 Å². The summed E-state index contributed by atoms with van der Waals surface area (Å²) in [5, 5.41) is 5.99. The van der Waals surface area contributed by atoms with Gasteiger partial charge in [-0.1, -0.05) is 20.8 Å². The molecule has 0 spiro atoms. The number of nitrogens with one attached hydrogen (secondary N) is 1. The van der Waals surface area contributed by atoms with E-state index < -0.39 is 0 Å². The van der Waals surface area contributed by atoms with Crippen LogP contribution in [-0.4, -0.2) is 10.9 Å². The Morgan fingerprint density at radius 3 is 2.23 bits per heavy atom. The Hall–Kier alpha value is -0.900. The molecule has 0 radical (unpaired) electrons. The van der Waals surface area contributed by atoms with Crippen LogP contribution in [0.4, 0.5) is 5.13 Å². The number of anilines is 1. The zero-order valence-corrected chi connectivity index (χ0v) is 14.6. The van der Waals surface area contributed by atoms with E-state index in [1.165, 1.54) is 32.1 Å². The molecule has 4 heteroatoms. The highest BCUT2D eigenvalue weighted by Gasteiger charge is 2.50. The van der Waals surface area contributed by atoms with E-state index in [0.717, 1.165) is 22.7 Å². The summed E-state index contributed by atoms with van der Waals surface area (Å²) in [6.45, 7) is 6.47. The first-order chi connectivity index (χ1) is 10.4. The van der Waals surface area contributed by atoms with Gasteiger partial charge < -0.3 is 5.32 Å². The summed E-state index contributed by atoms with van der Waals surface area (Å²) >= 11 is 1.56. The molecule has 1 aromatic heterocycles. The van der Waals surface area contributed by atoms with Gasteiger partial charge in [-0.15, -0.1) is 11.3 Å². The van der Waals surface area contributed by atoms with Crippen LogP contribution >= 0.6 is 11.3 Å². The predicted octanol–water partition coefficient (Wildman–Crippen LogP) is 4.45. The van der Waals surface area contributed by atoms with E-state index in [1.54, 1.807) is 11.3 Å². The summed E-state index contributed by atoms with van der Waals surface area (Å²) in [6, 6.07) is 0. The van der Waals surface area contributed by atoms with Crippen molar-refractivity contribution in [3.05, 3.63) is 11.1 Å². The Kier molecular flexibility index (Phi) is 3.37. The first kappa shape index (κ1) is 14.7. The normalized spacial score (nSPS) is 36.6. The minimum atomic E-state index is 0.0438. The molecule has 4 fully saturated rings. The standard InChI is InChI=1S/C18H26N2OS/c1-18(2,3)14-9-22-17(19-14)20-16(21)15-12-5-10-4-11(7-12)8-13(15)6-10/h9-13,15H,4-8H2,1-3H3,(H,19,20,21). The fraction of sp³-hybridized carbons (Fsp3) is 0.778. The maximum atomic E-state index is 12.8. The Labute approximate surface area is 136 Å². The van der Waals surface area contributed by atoms with E-state index in [9.17, 15) is 4.79 Å². The van der Waals surface area contributed by atoms with Crippen molar-refractivity contribution in [2.75, 3.05) is 5.32 Å². The smallest absolute Gasteiger partial charge is 0.229 e. The van der Waals surface area contributed by atoms with E-state index in [-0.39, 0.29) is 17.2 Å². The van der Waals surface area contributed by atoms with Crippen molar-refractivity contribution < 1.29 is 4.79 Å². The highest BCUT2D eigenvalue weighted by Crippen LogP contribution is 2.56. The predicted molar refractivity (Wildman–Crippen MR) is 90.0 cm³/mol. The van der Waals surface area contributed by atoms with Crippen LogP contribution in [0.25, 0.3) is 0 Å². The maximum Gasteiger partial charge on any atom is 0.229 e. The highest BCUT2D eigenvalue weighted by molar-refractivity contribution is 7.13. The summed E-state index contributed by atoms with van der Waals surface area (Å²) in [4.78, 5) is 17.4. The van der Waals surface area contributed by atoms with Gasteiger partial charge in [0.05, 0.1) is 5.69 Å². The summed E-state index contributed by atoms with van der Waals surface area (Å²) in [5.74, 6) is 3.59. The van der Waals surface area contributed by atoms with Crippen LogP contribution in [0.15, 0.2) is 5.38 Å². The van der Waals surface area contributed by atoms with Gasteiger partial charge in [0, 0.05) is 16.7 Å². The molecule has 0 saturated heterocycles. The van der Waals surface area contributed by atoms with E-state index in [0.29, 0.717) is 11.8 Å². The zero-order chi connectivity index (χ0) is 15.5. The minimum Gasteiger partial charge on any atom is -0.302 e. The molecule has 4 saturated carbocycles. The third-order valence-corrected chi connectivity index (χ3v) is 6.79. The minimum absolute atomic E-state index is 0.0438. The third kappa shape index (κ3) is 2.49. The van der Waals surface area contributed by atoms with Crippen molar-refractivity contribution in [2.24, 2.45) is 29.6 Å². The lowest BCUT2D eigenvalue weighted by Gasteiger charge is -2.53. The van der Waals surface area contributed by atoms with Gasteiger partial charge in [0.25, 0.3) is 0 Å². The molecule has 0 atom stereocenters. The summed E-state index contributed by atoms with van der Waals surface area (Å²) in [6.07, 6.45) is 6.58. The van der Waals surface area contributed by atoms with Gasteiger partial charge in [0.15, 0.2) is 5.13 Å². The molecule has 1 amide bonds. The van der Waals surface area contributed by atoms with Crippen LogP contribution in [0.5, 0.6) is 0 Å². The fourth-order valence-electron chi connectivity index (χ4n) is 5.22. The van der Waals surface area contributed by atoms with Gasteiger partial charge in [0.2, 0.25) is 5.91 Å². The highest BCUT2D eigenvalue weighted by atomic mass is 32.1. The molecule has 1 N–H and O–H groups in total. The summed E-state index contributed by atoms with van der Waals surface area (Å²) < 4.78 is 0. The Balaban J connectivity index is 1.47. The molecule has 0 aliphatic heterocycles. The second kappa shape index (κ2) is 5.05. The summed E-state index contributed by atoms with van der Waals surface area (Å²) in [5.41, 5.74) is 1.11. The largest absolute Gasteiger partial charge is 0.302 e. The molecule has 120 valence electrons. The lowest BCUT2D eigenvalue weighted by atomic mass is 9.51. The zero-order valence-electron chi connectivity index (χ0n) is 13.8. The van der Waals surface area contributed by atoms with E-state index >= 15 is 0 Å². The number of carbonyl (C=O) groups excluding carboxylic acids is 1. The van der Waals surface area contributed by atoms with Crippen LogP contribution in [0.1, 0.15) is 58.6 Å². The molecule has 4 aliphatic carbocycles. The molecule has 3 nitrogen and oxygen atoms in total. The molecular formula is C18H26N2OS. The molecule has 5 rings (SSSR count). The lowest BCUT2D eigenvalue weighted by Crippen LogP contribution is -2.49. The van der Waals surface area contributed by atoms with Crippen molar-refractivity contribution >= 4 is 22.4 Å². The third-order valence-electron chi connectivity index (χ3n) is 6.03. The molecule has 0 unspecified atom stereocenters. The molecule has 22 heavy (non-hydrogen) atoms. The van der Waals surface area contributed by atoms with Crippen LogP contribution in [0, 0.1) is 29.6 Å². The molecule has 1 aromatic rings. The Morgan fingerprint density at radius 1 is 1.14 bits per heavy atom. The van der Waals surface area contributed by atoms with E-state index in [2.05, 4.69) is 36.5 Å². The SMILES string of the molecule is CC(C)(C)c1csc(NC(=O)C2C3CC4CC(C3)CC2C4)n1. The van der Waals surface area contributed by atoms with Crippen molar-refractivity contribution in [3.63, 3.8) is 0 Å². The molecule has 4 bridgehead atoms. The molecule has 4 aliphatic rings. The Bertz CT molecular complexity index is 558. The van der Waals surface area contributed by atoms with Gasteiger partial charge >= 0.3 is 0 Å². The number of hydrogen-bond acceptors (Lipinski definition) is 3. The molecular weight excluding hydrogens is 292 g/mol. The Morgan fingerprint density at radius 2 is 1.73 bits per heavy atom. The lowest BCUT2D eigenvalue weighted by molar-refractivity contribution is -0.132. The van der Waals surface area contributed by atoms with Crippen molar-refractivity contribution in [1.82, 2.24) is 4.98 Å². The molecule has 0 aromatic carbocycles. The first-order valence-electron chi connectivity index (χ1n) is 8.67. The second-order valence-corrected chi connectivity index (χ2v) is 9.59. The van der Waals surface area contributed by atoms with Crippen molar-refractivity contribution in [1.29, 1.82) is 0 Å². The average molecular weight is 318 g/mol. The number of nitrogens with zero attached hydrogens (tertiary/aromatic N) is 1. The number of carbonyl (C=O) groups is 1. The van der Waals surface area contributed by atoms with E-state index in [1.807, 2.05) is 0 Å². The van der Waals surface area contributed by atoms with Gasteiger partial charge in [-0.2, -0.15) is 0 Å². The number of hydrogen-bond donors (Lipinski definition) is 1. The molecule has 1 heterocycles. The van der Waals surface area contributed by atoms with Crippen LogP contribution in [0.3, 0.4) is 0 Å². The van der Waals surface area contributed by atoms with Gasteiger partial charge in [-0.3, -0.25) is 4.79 Å². The number of thiazole rings is 1. The van der Waals surface area contributed by atoms with Crippen LogP contribution in [-0.2, 0) is 10.2 Å². The van der Waals surface area contributed by atoms with Crippen LogP contribution < -0.4 is 5.32 Å². The number of amides is 1. The quantitative estimate of drug-likeness (QED) is 0.875. The first-order valence-corrected chi connectivity index (χ1v) is 9.55. The van der Waals surface area contributed by atoms with Gasteiger partial charge in [0.1, 0.15) is 0 Å². The van der Waals surface area contributed by atoms with Crippen molar-refractivity contribution in [2.45, 2.75) is 58.3 Å². The maximum absolute atomic E-state index is 12.8. The monoisotopic (exact) mass is 318 g/mol. The van der Waals surface area contributed by atoms with Crippen molar-refractivity contribution in [3.8, 4) is 0 Å². The second-order valence-electron chi connectivity index (χ2n) is 8.73. The van der Waals surface area contributed by atoms with Gasteiger partial charge in [-0.05, 0) is 55.8 Å². The fourth-order valence-corrected chi connectivity index (χ4v) is 6.16. The number of rotatable bonds is 2. The topological polar surface area (TPSA) is 42.0 Å². The summed E-state index contributed by atoms with van der Waals surface area (Å²) in [7, 11) is 0.